The maximum absolute atomic E-state index is 9.63. The summed E-state index contributed by atoms with van der Waals surface area (Å²) in [5, 5.41) is 9.63. The Morgan fingerprint density at radius 1 is 1.22 bits per heavy atom. The molecule has 0 aliphatic heterocycles. The minimum Gasteiger partial charge on any atom is -0.493 e. The van der Waals surface area contributed by atoms with Crippen LogP contribution in [0.4, 0.5) is 0 Å². The Morgan fingerprint density at radius 3 is 2.78 bits per heavy atom. The number of aromatic nitrogens is 1. The molecule has 0 aliphatic rings. The highest BCUT2D eigenvalue weighted by Gasteiger charge is 2.07. The Bertz CT molecular complexity index is 483. The summed E-state index contributed by atoms with van der Waals surface area (Å²) in [7, 11) is 0. The van der Waals surface area contributed by atoms with Crippen molar-refractivity contribution < 1.29 is 9.84 Å². The fourth-order valence-electron chi connectivity index (χ4n) is 1.78. The van der Waals surface area contributed by atoms with Crippen LogP contribution in [0, 0.1) is 0 Å². The van der Waals surface area contributed by atoms with Crippen molar-refractivity contribution >= 4 is 0 Å². The summed E-state index contributed by atoms with van der Waals surface area (Å²) in [6.07, 6.45) is 3.89. The molecule has 1 unspecified atom stereocenters. The molecule has 0 bridgehead atoms. The standard InChI is InChI=1S/C15H17NO2/c1-12(17)14-6-2-3-7-15(14)18-10-8-13-5-4-9-16-11-13/h2-7,9,11-12,17H,8,10H2,1H3. The van der Waals surface area contributed by atoms with Crippen molar-refractivity contribution in [2.75, 3.05) is 6.61 Å². The number of para-hydroxylation sites is 1. The molecule has 2 aromatic rings. The number of aliphatic hydroxyl groups excluding tert-OH is 1. The number of rotatable bonds is 5. The highest BCUT2D eigenvalue weighted by Crippen LogP contribution is 2.24. The maximum atomic E-state index is 9.63. The van der Waals surface area contributed by atoms with Gasteiger partial charge in [0.05, 0.1) is 12.7 Å². The number of benzene rings is 1. The minimum atomic E-state index is -0.514. The van der Waals surface area contributed by atoms with Crippen LogP contribution < -0.4 is 4.74 Å². The number of hydrogen-bond donors (Lipinski definition) is 1. The second-order valence-electron chi connectivity index (χ2n) is 4.17. The van der Waals surface area contributed by atoms with Crippen molar-refractivity contribution in [3.63, 3.8) is 0 Å². The highest BCUT2D eigenvalue weighted by molar-refractivity contribution is 5.34. The van der Waals surface area contributed by atoms with Gasteiger partial charge in [0.15, 0.2) is 0 Å². The molecule has 0 aliphatic carbocycles. The first-order chi connectivity index (χ1) is 8.77. The molecule has 0 fully saturated rings. The van der Waals surface area contributed by atoms with Crippen LogP contribution in [0.25, 0.3) is 0 Å². The van der Waals surface area contributed by atoms with Gasteiger partial charge in [-0.1, -0.05) is 24.3 Å². The maximum Gasteiger partial charge on any atom is 0.125 e. The van der Waals surface area contributed by atoms with Gasteiger partial charge in [0.1, 0.15) is 5.75 Å². The molecule has 3 heteroatoms. The lowest BCUT2D eigenvalue weighted by Gasteiger charge is -2.13. The number of aliphatic hydroxyl groups is 1. The molecule has 1 aromatic heterocycles. The van der Waals surface area contributed by atoms with E-state index in [4.69, 9.17) is 4.74 Å². The van der Waals surface area contributed by atoms with E-state index in [0.717, 1.165) is 23.3 Å². The lowest BCUT2D eigenvalue weighted by atomic mass is 10.1. The zero-order chi connectivity index (χ0) is 12.8. The zero-order valence-corrected chi connectivity index (χ0v) is 10.4. The van der Waals surface area contributed by atoms with Crippen molar-refractivity contribution in [2.24, 2.45) is 0 Å². The third-order valence-corrected chi connectivity index (χ3v) is 2.74. The monoisotopic (exact) mass is 243 g/mol. The van der Waals surface area contributed by atoms with Crippen LogP contribution in [0.5, 0.6) is 5.75 Å². The van der Waals surface area contributed by atoms with Gasteiger partial charge in [-0.15, -0.1) is 0 Å². The summed E-state index contributed by atoms with van der Waals surface area (Å²) in [5.74, 6) is 0.747. The van der Waals surface area contributed by atoms with E-state index in [-0.39, 0.29) is 0 Å². The van der Waals surface area contributed by atoms with E-state index in [1.165, 1.54) is 0 Å². The molecule has 1 heterocycles. The number of hydrogen-bond acceptors (Lipinski definition) is 3. The fraction of sp³-hybridized carbons (Fsp3) is 0.267. The predicted octanol–water partition coefficient (Wildman–Crippen LogP) is 2.76. The van der Waals surface area contributed by atoms with Crippen LogP contribution in [0.3, 0.4) is 0 Å². The van der Waals surface area contributed by atoms with E-state index in [1.54, 1.807) is 13.1 Å². The van der Waals surface area contributed by atoms with Crippen LogP contribution >= 0.6 is 0 Å². The third kappa shape index (κ3) is 3.31. The minimum absolute atomic E-state index is 0.514. The Kier molecular flexibility index (Phi) is 4.31. The molecule has 3 nitrogen and oxygen atoms in total. The molecule has 94 valence electrons. The Labute approximate surface area is 107 Å². The average Bonchev–Trinajstić information content (AvgIpc) is 2.40. The largest absolute Gasteiger partial charge is 0.493 e. The van der Waals surface area contributed by atoms with Gasteiger partial charge in [-0.05, 0) is 24.6 Å². The van der Waals surface area contributed by atoms with E-state index in [2.05, 4.69) is 4.98 Å². The van der Waals surface area contributed by atoms with Gasteiger partial charge < -0.3 is 9.84 Å². The molecule has 0 amide bonds. The molecule has 1 N–H and O–H groups in total. The zero-order valence-electron chi connectivity index (χ0n) is 10.4. The van der Waals surface area contributed by atoms with E-state index in [1.807, 2.05) is 42.6 Å². The van der Waals surface area contributed by atoms with Crippen molar-refractivity contribution in [1.82, 2.24) is 4.98 Å². The summed E-state index contributed by atoms with van der Waals surface area (Å²) < 4.78 is 5.71. The molecule has 1 atom stereocenters. The first kappa shape index (κ1) is 12.6. The van der Waals surface area contributed by atoms with E-state index < -0.39 is 6.10 Å². The van der Waals surface area contributed by atoms with Gasteiger partial charge in [0.25, 0.3) is 0 Å². The second-order valence-corrected chi connectivity index (χ2v) is 4.17. The fourth-order valence-corrected chi connectivity index (χ4v) is 1.78. The van der Waals surface area contributed by atoms with Gasteiger partial charge in [-0.2, -0.15) is 0 Å². The molecule has 18 heavy (non-hydrogen) atoms. The summed E-state index contributed by atoms with van der Waals surface area (Å²) in [5.41, 5.74) is 1.97. The first-order valence-corrected chi connectivity index (χ1v) is 6.06. The third-order valence-electron chi connectivity index (χ3n) is 2.74. The molecule has 0 spiro atoms. The summed E-state index contributed by atoms with van der Waals surface area (Å²) >= 11 is 0. The molecule has 0 radical (unpaired) electrons. The summed E-state index contributed by atoms with van der Waals surface area (Å²) in [6.45, 7) is 2.32. The molecular formula is C15H17NO2. The molecule has 2 rings (SSSR count). The van der Waals surface area contributed by atoms with Crippen molar-refractivity contribution in [2.45, 2.75) is 19.4 Å². The lowest BCUT2D eigenvalue weighted by Crippen LogP contribution is -2.04. The smallest absolute Gasteiger partial charge is 0.125 e. The molecule has 0 saturated carbocycles. The SMILES string of the molecule is CC(O)c1ccccc1OCCc1cccnc1. The van der Waals surface area contributed by atoms with Crippen LogP contribution in [-0.4, -0.2) is 16.7 Å². The predicted molar refractivity (Wildman–Crippen MR) is 70.5 cm³/mol. The van der Waals surface area contributed by atoms with E-state index in [9.17, 15) is 5.11 Å². The van der Waals surface area contributed by atoms with Gasteiger partial charge in [0.2, 0.25) is 0 Å². The Hall–Kier alpha value is -1.87. The second kappa shape index (κ2) is 6.17. The van der Waals surface area contributed by atoms with Gasteiger partial charge in [0, 0.05) is 24.4 Å². The lowest BCUT2D eigenvalue weighted by molar-refractivity contribution is 0.191. The summed E-state index contributed by atoms with van der Waals surface area (Å²) in [6, 6.07) is 11.5. The summed E-state index contributed by atoms with van der Waals surface area (Å²) in [4.78, 5) is 4.06. The van der Waals surface area contributed by atoms with Crippen LogP contribution in [0.2, 0.25) is 0 Å². The Morgan fingerprint density at radius 2 is 2.06 bits per heavy atom. The van der Waals surface area contributed by atoms with E-state index >= 15 is 0 Å². The highest BCUT2D eigenvalue weighted by atomic mass is 16.5. The average molecular weight is 243 g/mol. The van der Waals surface area contributed by atoms with Gasteiger partial charge >= 0.3 is 0 Å². The van der Waals surface area contributed by atoms with E-state index in [0.29, 0.717) is 6.61 Å². The first-order valence-electron chi connectivity index (χ1n) is 6.06. The van der Waals surface area contributed by atoms with Gasteiger partial charge in [-0.25, -0.2) is 0 Å². The quantitative estimate of drug-likeness (QED) is 0.878. The van der Waals surface area contributed by atoms with Gasteiger partial charge in [-0.3, -0.25) is 4.98 Å². The molecular weight excluding hydrogens is 226 g/mol. The topological polar surface area (TPSA) is 42.4 Å². The van der Waals surface area contributed by atoms with Crippen LogP contribution in [0.1, 0.15) is 24.2 Å². The van der Waals surface area contributed by atoms with Crippen LogP contribution in [-0.2, 0) is 6.42 Å². The number of nitrogens with zero attached hydrogens (tertiary/aromatic N) is 1. The van der Waals surface area contributed by atoms with Crippen molar-refractivity contribution in [1.29, 1.82) is 0 Å². The number of pyridine rings is 1. The molecule has 0 saturated heterocycles. The molecule has 1 aromatic carbocycles. The number of ether oxygens (including phenoxy) is 1. The Balaban J connectivity index is 1.94. The van der Waals surface area contributed by atoms with Crippen molar-refractivity contribution in [3.8, 4) is 5.75 Å². The normalized spacial score (nSPS) is 12.1. The van der Waals surface area contributed by atoms with Crippen molar-refractivity contribution in [3.05, 3.63) is 59.9 Å². The van der Waals surface area contributed by atoms with Crippen LogP contribution in [0.15, 0.2) is 48.8 Å².